The SMILES string of the molecule is CC1Cc2cc([N+](=O)[O-])ccc2N1Cn1nc(Cc2cccs2)n(C)c1=S. The molecule has 9 heteroatoms. The molecule has 3 heterocycles. The number of thiophene rings is 1. The molecule has 0 amide bonds. The van der Waals surface area contributed by atoms with Crippen LogP contribution in [0.3, 0.4) is 0 Å². The van der Waals surface area contributed by atoms with Crippen LogP contribution in [0.1, 0.15) is 23.2 Å². The van der Waals surface area contributed by atoms with Crippen LogP contribution in [0.5, 0.6) is 0 Å². The fraction of sp³-hybridized carbons (Fsp3) is 0.333. The smallest absolute Gasteiger partial charge is 0.269 e. The predicted octanol–water partition coefficient (Wildman–Crippen LogP) is 3.92. The van der Waals surface area contributed by atoms with E-state index < -0.39 is 0 Å². The van der Waals surface area contributed by atoms with Gasteiger partial charge in [0.05, 0.1) is 4.92 Å². The summed E-state index contributed by atoms with van der Waals surface area (Å²) in [6.07, 6.45) is 1.53. The third-order valence-electron chi connectivity index (χ3n) is 4.96. The third kappa shape index (κ3) is 3.28. The topological polar surface area (TPSA) is 69.1 Å². The summed E-state index contributed by atoms with van der Waals surface area (Å²) in [4.78, 5) is 14.1. The van der Waals surface area contributed by atoms with Gasteiger partial charge in [0.15, 0.2) is 4.77 Å². The van der Waals surface area contributed by atoms with Gasteiger partial charge in [0.25, 0.3) is 5.69 Å². The Kier molecular flexibility index (Phi) is 4.56. The van der Waals surface area contributed by atoms with Gasteiger partial charge >= 0.3 is 0 Å². The molecular weight excluding hydrogens is 382 g/mol. The molecule has 140 valence electrons. The zero-order valence-corrected chi connectivity index (χ0v) is 16.7. The summed E-state index contributed by atoms with van der Waals surface area (Å²) in [6, 6.07) is 9.42. The van der Waals surface area contributed by atoms with E-state index in [9.17, 15) is 10.1 Å². The minimum atomic E-state index is -0.348. The lowest BCUT2D eigenvalue weighted by Crippen LogP contribution is -2.32. The lowest BCUT2D eigenvalue weighted by atomic mass is 10.1. The maximum Gasteiger partial charge on any atom is 0.269 e. The van der Waals surface area contributed by atoms with Gasteiger partial charge in [-0.15, -0.1) is 11.3 Å². The number of anilines is 1. The van der Waals surface area contributed by atoms with Gasteiger partial charge in [-0.05, 0) is 48.6 Å². The van der Waals surface area contributed by atoms with Crippen LogP contribution in [0.2, 0.25) is 0 Å². The van der Waals surface area contributed by atoms with Crippen molar-refractivity contribution in [3.63, 3.8) is 0 Å². The van der Waals surface area contributed by atoms with Crippen LogP contribution >= 0.6 is 23.6 Å². The van der Waals surface area contributed by atoms with E-state index in [1.54, 1.807) is 23.5 Å². The lowest BCUT2D eigenvalue weighted by Gasteiger charge is -2.24. The molecule has 0 bridgehead atoms. The quantitative estimate of drug-likeness (QED) is 0.368. The lowest BCUT2D eigenvalue weighted by molar-refractivity contribution is -0.384. The van der Waals surface area contributed by atoms with E-state index in [4.69, 9.17) is 17.3 Å². The number of hydrogen-bond acceptors (Lipinski definition) is 6. The van der Waals surface area contributed by atoms with Gasteiger partial charge in [-0.2, -0.15) is 5.10 Å². The van der Waals surface area contributed by atoms with Crippen molar-refractivity contribution in [1.82, 2.24) is 14.3 Å². The average Bonchev–Trinajstić information content (AvgIpc) is 3.32. The van der Waals surface area contributed by atoms with Crippen LogP contribution < -0.4 is 4.90 Å². The van der Waals surface area contributed by atoms with Crippen molar-refractivity contribution in [2.24, 2.45) is 7.05 Å². The number of non-ortho nitro benzene ring substituents is 1. The number of rotatable bonds is 5. The predicted molar refractivity (Wildman–Crippen MR) is 108 cm³/mol. The number of nitrogens with zero attached hydrogens (tertiary/aromatic N) is 5. The van der Waals surface area contributed by atoms with Crippen molar-refractivity contribution in [3.05, 3.63) is 66.9 Å². The summed E-state index contributed by atoms with van der Waals surface area (Å²) >= 11 is 7.29. The molecule has 1 aliphatic heterocycles. The number of hydrogen-bond donors (Lipinski definition) is 0. The highest BCUT2D eigenvalue weighted by atomic mass is 32.1. The maximum absolute atomic E-state index is 11.0. The van der Waals surface area contributed by atoms with Gasteiger partial charge < -0.3 is 9.47 Å². The van der Waals surface area contributed by atoms with Gasteiger partial charge in [-0.1, -0.05) is 6.07 Å². The third-order valence-corrected chi connectivity index (χ3v) is 6.32. The highest BCUT2D eigenvalue weighted by molar-refractivity contribution is 7.71. The van der Waals surface area contributed by atoms with E-state index in [2.05, 4.69) is 23.3 Å². The number of benzene rings is 1. The summed E-state index contributed by atoms with van der Waals surface area (Å²) in [7, 11) is 1.94. The molecule has 3 aromatic rings. The van der Waals surface area contributed by atoms with Gasteiger partial charge in [-0.3, -0.25) is 10.1 Å². The zero-order valence-electron chi connectivity index (χ0n) is 15.0. The first-order valence-corrected chi connectivity index (χ1v) is 9.92. The molecule has 0 saturated carbocycles. The second-order valence-electron chi connectivity index (χ2n) is 6.75. The Morgan fingerprint density at radius 3 is 2.93 bits per heavy atom. The number of aromatic nitrogens is 3. The van der Waals surface area contributed by atoms with Crippen LogP contribution in [0.15, 0.2) is 35.7 Å². The summed E-state index contributed by atoms with van der Waals surface area (Å²) in [5.41, 5.74) is 2.15. The highest BCUT2D eigenvalue weighted by Gasteiger charge is 2.28. The normalized spacial score (nSPS) is 15.9. The van der Waals surface area contributed by atoms with Gasteiger partial charge in [-0.25, -0.2) is 4.68 Å². The molecule has 0 fully saturated rings. The van der Waals surface area contributed by atoms with Crippen molar-refractivity contribution in [2.75, 3.05) is 4.90 Å². The van der Waals surface area contributed by atoms with E-state index in [0.717, 1.165) is 29.9 Å². The summed E-state index contributed by atoms with van der Waals surface area (Å²) < 4.78 is 4.46. The molecule has 0 N–H and O–H groups in total. The summed E-state index contributed by atoms with van der Waals surface area (Å²) in [5.74, 6) is 0.929. The number of nitro groups is 1. The van der Waals surface area contributed by atoms with Crippen LogP contribution in [-0.2, 0) is 26.6 Å². The molecule has 1 unspecified atom stereocenters. The maximum atomic E-state index is 11.0. The standard InChI is InChI=1S/C18H19N5O2S2/c1-12-8-13-9-14(23(24)25)5-6-16(13)21(12)11-22-18(26)20(2)17(19-22)10-15-4-3-7-27-15/h3-7,9,12H,8,10-11H2,1-2H3. The van der Waals surface area contributed by atoms with E-state index in [-0.39, 0.29) is 16.7 Å². The molecule has 1 atom stereocenters. The molecule has 0 saturated heterocycles. The average molecular weight is 402 g/mol. The molecule has 7 nitrogen and oxygen atoms in total. The molecule has 1 aromatic carbocycles. The van der Waals surface area contributed by atoms with Crippen LogP contribution in [0.25, 0.3) is 0 Å². The van der Waals surface area contributed by atoms with Crippen molar-refractivity contribution in [3.8, 4) is 0 Å². The van der Waals surface area contributed by atoms with Crippen molar-refractivity contribution < 1.29 is 4.92 Å². The molecule has 0 aliphatic carbocycles. The van der Waals surface area contributed by atoms with Crippen LogP contribution in [0.4, 0.5) is 11.4 Å². The zero-order chi connectivity index (χ0) is 19.1. The minimum absolute atomic E-state index is 0.135. The second kappa shape index (κ2) is 6.90. The van der Waals surface area contributed by atoms with E-state index in [0.29, 0.717) is 11.4 Å². The van der Waals surface area contributed by atoms with Crippen molar-refractivity contribution in [1.29, 1.82) is 0 Å². The Balaban J connectivity index is 1.62. The fourth-order valence-corrected chi connectivity index (χ4v) is 4.41. The molecule has 0 radical (unpaired) electrons. The fourth-order valence-electron chi connectivity index (χ4n) is 3.50. The van der Waals surface area contributed by atoms with Gasteiger partial charge in [0.2, 0.25) is 0 Å². The monoisotopic (exact) mass is 401 g/mol. The first-order valence-electron chi connectivity index (χ1n) is 8.63. The summed E-state index contributed by atoms with van der Waals surface area (Å²) in [5, 5.41) is 17.8. The first-order chi connectivity index (χ1) is 12.9. The van der Waals surface area contributed by atoms with E-state index >= 15 is 0 Å². The Labute approximate surface area is 165 Å². The second-order valence-corrected chi connectivity index (χ2v) is 8.15. The Hall–Kier alpha value is -2.52. The molecule has 1 aliphatic rings. The largest absolute Gasteiger partial charge is 0.349 e. The van der Waals surface area contributed by atoms with Gasteiger partial charge in [0, 0.05) is 42.2 Å². The Morgan fingerprint density at radius 2 is 2.22 bits per heavy atom. The van der Waals surface area contributed by atoms with E-state index in [1.807, 2.05) is 28.4 Å². The Morgan fingerprint density at radius 1 is 1.41 bits per heavy atom. The molecular formula is C18H19N5O2S2. The number of fused-ring (bicyclic) bond motifs is 1. The number of nitro benzene ring substituents is 1. The molecule has 4 rings (SSSR count). The molecule has 2 aromatic heterocycles. The first kappa shape index (κ1) is 17.9. The van der Waals surface area contributed by atoms with Crippen LogP contribution in [-0.4, -0.2) is 25.3 Å². The Bertz CT molecular complexity index is 1050. The highest BCUT2D eigenvalue weighted by Crippen LogP contribution is 2.35. The molecule has 27 heavy (non-hydrogen) atoms. The molecule has 0 spiro atoms. The summed E-state index contributed by atoms with van der Waals surface area (Å²) in [6.45, 7) is 2.65. The van der Waals surface area contributed by atoms with Crippen molar-refractivity contribution in [2.45, 2.75) is 32.5 Å². The minimum Gasteiger partial charge on any atom is -0.349 e. The van der Waals surface area contributed by atoms with Crippen LogP contribution in [0, 0.1) is 14.9 Å². The van der Waals surface area contributed by atoms with Gasteiger partial charge in [0.1, 0.15) is 12.5 Å². The van der Waals surface area contributed by atoms with Crippen molar-refractivity contribution >= 4 is 34.9 Å². The van der Waals surface area contributed by atoms with E-state index in [1.165, 1.54) is 4.88 Å².